The van der Waals surface area contributed by atoms with Crippen LogP contribution >= 0.6 is 0 Å². The second kappa shape index (κ2) is 9.78. The number of nitrogens with one attached hydrogen (secondary N) is 2. The Morgan fingerprint density at radius 1 is 1.04 bits per heavy atom. The number of nitrogens with two attached hydrogens (primary N) is 1. The van der Waals surface area contributed by atoms with Gasteiger partial charge in [0, 0.05) is 6.42 Å². The Labute approximate surface area is 134 Å². The molecule has 0 bridgehead atoms. The van der Waals surface area contributed by atoms with E-state index in [4.69, 9.17) is 15.9 Å². The Kier molecular flexibility index (Phi) is 8.86. The van der Waals surface area contributed by atoms with Crippen molar-refractivity contribution in [1.29, 1.82) is 0 Å². The summed E-state index contributed by atoms with van der Waals surface area (Å²) in [5.74, 6) is -3.93. The van der Waals surface area contributed by atoms with Crippen LogP contribution in [-0.2, 0) is 19.2 Å². The molecule has 23 heavy (non-hydrogen) atoms. The van der Waals surface area contributed by atoms with Gasteiger partial charge in [-0.2, -0.15) is 0 Å². The lowest BCUT2D eigenvalue weighted by molar-refractivity contribution is -0.143. The minimum Gasteiger partial charge on any atom is -0.481 e. The van der Waals surface area contributed by atoms with Crippen LogP contribution in [0, 0.1) is 5.92 Å². The molecule has 0 aliphatic heterocycles. The largest absolute Gasteiger partial charge is 0.481 e. The maximum atomic E-state index is 12.3. The molecule has 0 fully saturated rings. The van der Waals surface area contributed by atoms with Gasteiger partial charge in [-0.15, -0.1) is 0 Å². The molecule has 4 atom stereocenters. The normalized spacial score (nSPS) is 15.8. The average molecular weight is 331 g/mol. The predicted molar refractivity (Wildman–Crippen MR) is 81.5 cm³/mol. The van der Waals surface area contributed by atoms with Crippen LogP contribution in [-0.4, -0.2) is 52.1 Å². The van der Waals surface area contributed by atoms with Crippen molar-refractivity contribution in [3.63, 3.8) is 0 Å². The third-order valence-corrected chi connectivity index (χ3v) is 3.47. The summed E-state index contributed by atoms with van der Waals surface area (Å²) < 4.78 is 0. The van der Waals surface area contributed by atoms with Gasteiger partial charge in [0.05, 0.1) is 6.04 Å². The zero-order chi connectivity index (χ0) is 18.2. The number of rotatable bonds is 10. The molecular formula is C14H25N3O6. The summed E-state index contributed by atoms with van der Waals surface area (Å²) in [5.41, 5.74) is 5.45. The van der Waals surface area contributed by atoms with Gasteiger partial charge in [0.25, 0.3) is 0 Å². The van der Waals surface area contributed by atoms with E-state index in [0.29, 0.717) is 6.42 Å². The van der Waals surface area contributed by atoms with Crippen LogP contribution < -0.4 is 16.4 Å². The van der Waals surface area contributed by atoms with Crippen LogP contribution in [0.25, 0.3) is 0 Å². The molecule has 0 radical (unpaired) electrons. The van der Waals surface area contributed by atoms with Crippen molar-refractivity contribution >= 4 is 23.8 Å². The second-order valence-corrected chi connectivity index (χ2v) is 5.49. The number of carbonyl (C=O) groups is 4. The highest BCUT2D eigenvalue weighted by atomic mass is 16.4. The molecular weight excluding hydrogens is 306 g/mol. The second-order valence-electron chi connectivity index (χ2n) is 5.49. The fourth-order valence-corrected chi connectivity index (χ4v) is 1.77. The lowest BCUT2D eigenvalue weighted by Gasteiger charge is -2.26. The number of aliphatic carboxylic acids is 2. The van der Waals surface area contributed by atoms with Gasteiger partial charge in [-0.1, -0.05) is 20.3 Å². The Morgan fingerprint density at radius 2 is 1.61 bits per heavy atom. The van der Waals surface area contributed by atoms with Crippen molar-refractivity contribution in [2.75, 3.05) is 0 Å². The Hall–Kier alpha value is -2.16. The maximum absolute atomic E-state index is 12.3. The SMILES string of the molecule is CC[C@H](C)[C@H](NC(=O)[C@H](C)N)C(=O)N[C@@H](CCC(=O)O)C(=O)O. The van der Waals surface area contributed by atoms with Gasteiger partial charge in [0.15, 0.2) is 0 Å². The molecule has 0 saturated heterocycles. The predicted octanol–water partition coefficient (Wildman–Crippen LogP) is -0.701. The topological polar surface area (TPSA) is 159 Å². The summed E-state index contributed by atoms with van der Waals surface area (Å²) in [6.45, 7) is 5.02. The van der Waals surface area contributed by atoms with Gasteiger partial charge < -0.3 is 26.6 Å². The highest BCUT2D eigenvalue weighted by Crippen LogP contribution is 2.09. The zero-order valence-corrected chi connectivity index (χ0v) is 13.5. The smallest absolute Gasteiger partial charge is 0.326 e. The average Bonchev–Trinajstić information content (AvgIpc) is 2.46. The molecule has 0 aliphatic rings. The molecule has 0 aliphatic carbocycles. The van der Waals surface area contributed by atoms with E-state index in [0.717, 1.165) is 0 Å². The van der Waals surface area contributed by atoms with Crippen LogP contribution in [0.4, 0.5) is 0 Å². The van der Waals surface area contributed by atoms with E-state index < -0.39 is 48.3 Å². The molecule has 132 valence electrons. The van der Waals surface area contributed by atoms with E-state index in [1.165, 1.54) is 6.92 Å². The Balaban J connectivity index is 5.00. The first-order valence-electron chi connectivity index (χ1n) is 7.41. The first-order valence-corrected chi connectivity index (χ1v) is 7.41. The molecule has 0 unspecified atom stereocenters. The number of hydrogen-bond donors (Lipinski definition) is 5. The fraction of sp³-hybridized carbons (Fsp3) is 0.714. The van der Waals surface area contributed by atoms with E-state index in [2.05, 4.69) is 10.6 Å². The molecule has 9 nitrogen and oxygen atoms in total. The van der Waals surface area contributed by atoms with Crippen LogP contribution in [0.15, 0.2) is 0 Å². The minimum atomic E-state index is -1.34. The van der Waals surface area contributed by atoms with E-state index in [-0.39, 0.29) is 12.3 Å². The molecule has 0 aromatic heterocycles. The summed E-state index contributed by atoms with van der Waals surface area (Å²) in [6.07, 6.45) is -0.0630. The Morgan fingerprint density at radius 3 is 2.00 bits per heavy atom. The monoisotopic (exact) mass is 331 g/mol. The maximum Gasteiger partial charge on any atom is 0.326 e. The van der Waals surface area contributed by atoms with E-state index in [9.17, 15) is 19.2 Å². The minimum absolute atomic E-state index is 0.244. The van der Waals surface area contributed by atoms with E-state index >= 15 is 0 Å². The number of amides is 2. The van der Waals surface area contributed by atoms with Gasteiger partial charge in [0.1, 0.15) is 12.1 Å². The highest BCUT2D eigenvalue weighted by molar-refractivity contribution is 5.91. The van der Waals surface area contributed by atoms with Crippen molar-refractivity contribution < 1.29 is 29.4 Å². The standard InChI is InChI=1S/C14H25N3O6/c1-4-7(2)11(17-12(20)8(3)15)13(21)16-9(14(22)23)5-6-10(18)19/h7-9,11H,4-6,15H2,1-3H3,(H,16,21)(H,17,20)(H,18,19)(H,22,23)/t7-,8-,9-,11-/m0/s1. The first-order chi connectivity index (χ1) is 10.6. The summed E-state index contributed by atoms with van der Waals surface area (Å²) in [4.78, 5) is 45.7. The molecule has 0 rings (SSSR count). The first kappa shape index (κ1) is 20.8. The molecule has 0 heterocycles. The van der Waals surface area contributed by atoms with Gasteiger partial charge in [-0.25, -0.2) is 4.79 Å². The van der Waals surface area contributed by atoms with Crippen molar-refractivity contribution in [3.8, 4) is 0 Å². The summed E-state index contributed by atoms with van der Waals surface area (Å²) in [6, 6.07) is -3.08. The van der Waals surface area contributed by atoms with Gasteiger partial charge >= 0.3 is 11.9 Å². The van der Waals surface area contributed by atoms with Gasteiger partial charge in [-0.3, -0.25) is 14.4 Å². The third-order valence-electron chi connectivity index (χ3n) is 3.47. The molecule has 0 aromatic rings. The summed E-state index contributed by atoms with van der Waals surface area (Å²) >= 11 is 0. The molecule has 0 aromatic carbocycles. The van der Waals surface area contributed by atoms with Crippen molar-refractivity contribution in [2.24, 2.45) is 11.7 Å². The van der Waals surface area contributed by atoms with Crippen molar-refractivity contribution in [1.82, 2.24) is 10.6 Å². The quantitative estimate of drug-likeness (QED) is 0.354. The molecule has 2 amide bonds. The van der Waals surface area contributed by atoms with E-state index in [1.807, 2.05) is 6.92 Å². The van der Waals surface area contributed by atoms with Gasteiger partial charge in [0.2, 0.25) is 11.8 Å². The lowest BCUT2D eigenvalue weighted by atomic mass is 9.97. The fourth-order valence-electron chi connectivity index (χ4n) is 1.77. The van der Waals surface area contributed by atoms with Crippen LogP contribution in [0.2, 0.25) is 0 Å². The number of carboxylic acids is 2. The van der Waals surface area contributed by atoms with Crippen LogP contribution in [0.3, 0.4) is 0 Å². The molecule has 6 N–H and O–H groups in total. The molecule has 0 spiro atoms. The summed E-state index contributed by atoms with van der Waals surface area (Å²) in [7, 11) is 0. The third kappa shape index (κ3) is 7.59. The van der Waals surface area contributed by atoms with Crippen LogP contribution in [0.1, 0.15) is 40.0 Å². The van der Waals surface area contributed by atoms with Crippen molar-refractivity contribution in [3.05, 3.63) is 0 Å². The highest BCUT2D eigenvalue weighted by Gasteiger charge is 2.30. The summed E-state index contributed by atoms with van der Waals surface area (Å²) in [5, 5.41) is 22.4. The van der Waals surface area contributed by atoms with Crippen LogP contribution in [0.5, 0.6) is 0 Å². The van der Waals surface area contributed by atoms with Gasteiger partial charge in [-0.05, 0) is 19.3 Å². The number of carboxylic acid groups (broad SMARTS) is 2. The lowest BCUT2D eigenvalue weighted by Crippen LogP contribution is -2.56. The number of hydrogen-bond acceptors (Lipinski definition) is 5. The molecule has 9 heteroatoms. The van der Waals surface area contributed by atoms with E-state index in [1.54, 1.807) is 6.92 Å². The Bertz CT molecular complexity index is 452. The zero-order valence-electron chi connectivity index (χ0n) is 13.5. The number of carbonyl (C=O) groups excluding carboxylic acids is 2. The molecule has 0 saturated carbocycles. The van der Waals surface area contributed by atoms with Crippen molar-refractivity contribution in [2.45, 2.75) is 58.2 Å².